The van der Waals surface area contributed by atoms with Crippen LogP contribution in [0.1, 0.15) is 5.56 Å². The molecule has 1 N–H and O–H groups in total. The van der Waals surface area contributed by atoms with Crippen LogP contribution in [-0.2, 0) is 14.3 Å². The van der Waals surface area contributed by atoms with Crippen LogP contribution in [0, 0.1) is 6.92 Å². The molecule has 0 atom stereocenters. The SMILES string of the molecule is COc1ccc(OCC(=O)OCC(=O)Nc2ccc(Br)c(C)c2)cc1. The van der Waals surface area contributed by atoms with Gasteiger partial charge in [-0.25, -0.2) is 4.79 Å². The Balaban J connectivity index is 1.73. The monoisotopic (exact) mass is 407 g/mol. The highest BCUT2D eigenvalue weighted by atomic mass is 79.9. The van der Waals surface area contributed by atoms with Crippen molar-refractivity contribution in [2.75, 3.05) is 25.6 Å². The van der Waals surface area contributed by atoms with Crippen molar-refractivity contribution in [3.63, 3.8) is 0 Å². The second-order valence-corrected chi connectivity index (χ2v) is 5.99. The number of methoxy groups -OCH3 is 1. The van der Waals surface area contributed by atoms with Gasteiger partial charge in [0.15, 0.2) is 13.2 Å². The molecule has 25 heavy (non-hydrogen) atoms. The minimum Gasteiger partial charge on any atom is -0.497 e. The van der Waals surface area contributed by atoms with Crippen molar-refractivity contribution < 1.29 is 23.8 Å². The summed E-state index contributed by atoms with van der Waals surface area (Å²) in [6, 6.07) is 12.2. The smallest absolute Gasteiger partial charge is 0.344 e. The number of hydrogen-bond donors (Lipinski definition) is 1. The lowest BCUT2D eigenvalue weighted by molar-refractivity contribution is -0.149. The van der Waals surface area contributed by atoms with Crippen molar-refractivity contribution in [3.8, 4) is 11.5 Å². The summed E-state index contributed by atoms with van der Waals surface area (Å²) in [7, 11) is 1.56. The molecule has 0 aliphatic rings. The first kappa shape index (κ1) is 18.8. The molecule has 0 aliphatic heterocycles. The van der Waals surface area contributed by atoms with Crippen molar-refractivity contribution in [1.82, 2.24) is 0 Å². The van der Waals surface area contributed by atoms with E-state index in [2.05, 4.69) is 21.2 Å². The van der Waals surface area contributed by atoms with E-state index in [1.165, 1.54) is 0 Å². The molecule has 0 aromatic heterocycles. The first-order chi connectivity index (χ1) is 12.0. The van der Waals surface area contributed by atoms with E-state index < -0.39 is 11.9 Å². The molecule has 2 rings (SSSR count). The molecule has 0 aliphatic carbocycles. The molecule has 0 unspecified atom stereocenters. The fourth-order valence-corrected chi connectivity index (χ4v) is 2.17. The van der Waals surface area contributed by atoms with Crippen molar-refractivity contribution in [1.29, 1.82) is 0 Å². The van der Waals surface area contributed by atoms with E-state index in [4.69, 9.17) is 14.2 Å². The number of carbonyl (C=O) groups excluding carboxylic acids is 2. The zero-order valence-electron chi connectivity index (χ0n) is 13.9. The van der Waals surface area contributed by atoms with Gasteiger partial charge in [0.25, 0.3) is 5.91 Å². The van der Waals surface area contributed by atoms with E-state index in [0.717, 1.165) is 10.0 Å². The fourth-order valence-electron chi connectivity index (χ4n) is 1.92. The lowest BCUT2D eigenvalue weighted by Gasteiger charge is -2.09. The number of ether oxygens (including phenoxy) is 3. The molecule has 2 aromatic carbocycles. The highest BCUT2D eigenvalue weighted by Gasteiger charge is 2.09. The van der Waals surface area contributed by atoms with Crippen LogP contribution in [0.25, 0.3) is 0 Å². The Morgan fingerprint density at radius 1 is 1.04 bits per heavy atom. The molecular weight excluding hydrogens is 390 g/mol. The normalized spacial score (nSPS) is 10.0. The minimum absolute atomic E-state index is 0.281. The van der Waals surface area contributed by atoms with Gasteiger partial charge in [0.1, 0.15) is 11.5 Å². The topological polar surface area (TPSA) is 73.9 Å². The van der Waals surface area contributed by atoms with E-state index in [1.54, 1.807) is 37.4 Å². The second-order valence-electron chi connectivity index (χ2n) is 5.14. The zero-order valence-corrected chi connectivity index (χ0v) is 15.5. The first-order valence-electron chi connectivity index (χ1n) is 7.46. The average molecular weight is 408 g/mol. The number of rotatable bonds is 7. The summed E-state index contributed by atoms with van der Waals surface area (Å²) in [5, 5.41) is 2.66. The summed E-state index contributed by atoms with van der Waals surface area (Å²) in [4.78, 5) is 23.4. The Morgan fingerprint density at radius 2 is 1.72 bits per heavy atom. The third kappa shape index (κ3) is 6.11. The lowest BCUT2D eigenvalue weighted by Crippen LogP contribution is -2.23. The minimum atomic E-state index is -0.627. The van der Waals surface area contributed by atoms with Gasteiger partial charge in [0, 0.05) is 10.2 Å². The summed E-state index contributed by atoms with van der Waals surface area (Å²) in [5.41, 5.74) is 1.62. The van der Waals surface area contributed by atoms with Gasteiger partial charge in [-0.15, -0.1) is 0 Å². The molecular formula is C18H18BrNO5. The second kappa shape index (κ2) is 9.08. The van der Waals surface area contributed by atoms with Gasteiger partial charge in [-0.05, 0) is 55.0 Å². The predicted octanol–water partition coefficient (Wildman–Crippen LogP) is 3.33. The molecule has 0 radical (unpaired) electrons. The van der Waals surface area contributed by atoms with Crippen LogP contribution in [-0.4, -0.2) is 32.2 Å². The Kier molecular flexibility index (Phi) is 6.82. The highest BCUT2D eigenvalue weighted by Crippen LogP contribution is 2.20. The van der Waals surface area contributed by atoms with Gasteiger partial charge in [-0.3, -0.25) is 4.79 Å². The largest absolute Gasteiger partial charge is 0.497 e. The summed E-state index contributed by atoms with van der Waals surface area (Å²) in [6.45, 7) is 1.26. The Labute approximate surface area is 154 Å². The summed E-state index contributed by atoms with van der Waals surface area (Å²) >= 11 is 3.39. The molecule has 0 spiro atoms. The van der Waals surface area contributed by atoms with E-state index in [-0.39, 0.29) is 13.2 Å². The maximum absolute atomic E-state index is 11.8. The Hall–Kier alpha value is -2.54. The molecule has 1 amide bonds. The number of benzene rings is 2. The molecule has 0 bridgehead atoms. The van der Waals surface area contributed by atoms with E-state index in [1.807, 2.05) is 19.1 Å². The van der Waals surface area contributed by atoms with Crippen LogP contribution in [0.2, 0.25) is 0 Å². The molecule has 0 heterocycles. The van der Waals surface area contributed by atoms with Crippen LogP contribution in [0.3, 0.4) is 0 Å². The number of hydrogen-bond acceptors (Lipinski definition) is 5. The van der Waals surface area contributed by atoms with Crippen molar-refractivity contribution >= 4 is 33.5 Å². The number of nitrogens with one attached hydrogen (secondary N) is 1. The number of amides is 1. The highest BCUT2D eigenvalue weighted by molar-refractivity contribution is 9.10. The van der Waals surface area contributed by atoms with Crippen LogP contribution in [0.15, 0.2) is 46.9 Å². The van der Waals surface area contributed by atoms with Crippen LogP contribution in [0.5, 0.6) is 11.5 Å². The van der Waals surface area contributed by atoms with Gasteiger partial charge in [0.05, 0.1) is 7.11 Å². The molecule has 6 nitrogen and oxygen atoms in total. The molecule has 2 aromatic rings. The van der Waals surface area contributed by atoms with Gasteiger partial charge in [-0.1, -0.05) is 15.9 Å². The maximum atomic E-state index is 11.8. The quantitative estimate of drug-likeness (QED) is 0.712. The third-order valence-corrected chi connectivity index (χ3v) is 4.11. The van der Waals surface area contributed by atoms with E-state index in [0.29, 0.717) is 17.2 Å². The number of esters is 1. The Bertz CT molecular complexity index is 746. The van der Waals surface area contributed by atoms with Crippen molar-refractivity contribution in [3.05, 3.63) is 52.5 Å². The van der Waals surface area contributed by atoms with Gasteiger partial charge >= 0.3 is 5.97 Å². The Morgan fingerprint density at radius 3 is 2.36 bits per heavy atom. The third-order valence-electron chi connectivity index (χ3n) is 3.22. The van der Waals surface area contributed by atoms with Gasteiger partial charge in [-0.2, -0.15) is 0 Å². The van der Waals surface area contributed by atoms with Crippen LogP contribution >= 0.6 is 15.9 Å². The van der Waals surface area contributed by atoms with Gasteiger partial charge in [0.2, 0.25) is 0 Å². The molecule has 0 saturated carbocycles. The predicted molar refractivity (Wildman–Crippen MR) is 97.0 cm³/mol. The summed E-state index contributed by atoms with van der Waals surface area (Å²) in [5.74, 6) is 0.153. The molecule has 0 fully saturated rings. The summed E-state index contributed by atoms with van der Waals surface area (Å²) in [6.07, 6.45) is 0. The average Bonchev–Trinajstić information content (AvgIpc) is 2.61. The van der Waals surface area contributed by atoms with Crippen LogP contribution < -0.4 is 14.8 Å². The number of anilines is 1. The molecule has 132 valence electrons. The van der Waals surface area contributed by atoms with Crippen molar-refractivity contribution in [2.45, 2.75) is 6.92 Å². The van der Waals surface area contributed by atoms with E-state index in [9.17, 15) is 9.59 Å². The lowest BCUT2D eigenvalue weighted by atomic mass is 10.2. The first-order valence-corrected chi connectivity index (χ1v) is 8.25. The summed E-state index contributed by atoms with van der Waals surface area (Å²) < 4.78 is 16.1. The van der Waals surface area contributed by atoms with E-state index >= 15 is 0 Å². The molecule has 7 heteroatoms. The number of carbonyl (C=O) groups is 2. The van der Waals surface area contributed by atoms with Gasteiger partial charge < -0.3 is 19.5 Å². The standard InChI is InChI=1S/C18H18BrNO5/c1-12-9-13(3-8-16(12)19)20-17(21)10-25-18(22)11-24-15-6-4-14(23-2)5-7-15/h3-9H,10-11H2,1-2H3,(H,20,21). The zero-order chi connectivity index (χ0) is 18.2. The maximum Gasteiger partial charge on any atom is 0.344 e. The number of halogens is 1. The molecule has 0 saturated heterocycles. The number of aryl methyl sites for hydroxylation is 1. The fraction of sp³-hybridized carbons (Fsp3) is 0.222. The van der Waals surface area contributed by atoms with Crippen molar-refractivity contribution in [2.24, 2.45) is 0 Å². The van der Waals surface area contributed by atoms with Crippen LogP contribution in [0.4, 0.5) is 5.69 Å².